The van der Waals surface area contributed by atoms with E-state index in [0.29, 0.717) is 31.4 Å². The van der Waals surface area contributed by atoms with Gasteiger partial charge in [-0.3, -0.25) is 0 Å². The van der Waals surface area contributed by atoms with Crippen molar-refractivity contribution in [1.29, 1.82) is 0 Å². The van der Waals surface area contributed by atoms with Crippen molar-refractivity contribution in [2.24, 2.45) is 5.92 Å². The Kier molecular flexibility index (Phi) is 11.6. The molecule has 0 fully saturated rings. The third-order valence-corrected chi connectivity index (χ3v) is 8.36. The number of sulfonamides is 1. The van der Waals surface area contributed by atoms with Gasteiger partial charge in [-0.1, -0.05) is 68.4 Å². The Morgan fingerprint density at radius 2 is 1.64 bits per heavy atom. The minimum Gasteiger partial charge on any atom is -0.478 e. The van der Waals surface area contributed by atoms with E-state index in [0.717, 1.165) is 34.7 Å². The van der Waals surface area contributed by atoms with Gasteiger partial charge in [-0.05, 0) is 61.1 Å². The molecule has 0 aliphatic heterocycles. The molecule has 1 atom stereocenters. The summed E-state index contributed by atoms with van der Waals surface area (Å²) in [7, 11) is -4.21. The SMILES string of the molecule is Cc1cccc(C)c1-c1cc(OC[C@@H](CC(C)C)NCCOCc2ccccc2)nc(NS(=O)(=O)c2cccc(C(=O)O)c2)n1. The van der Waals surface area contributed by atoms with Crippen LogP contribution in [0.1, 0.15) is 47.3 Å². The number of ether oxygens (including phenoxy) is 2. The molecule has 238 valence electrons. The van der Waals surface area contributed by atoms with Crippen molar-refractivity contribution in [2.45, 2.75) is 51.7 Å². The molecule has 45 heavy (non-hydrogen) atoms. The Bertz CT molecular complexity index is 1680. The van der Waals surface area contributed by atoms with E-state index in [-0.39, 0.29) is 34.9 Å². The van der Waals surface area contributed by atoms with Crippen molar-refractivity contribution in [3.63, 3.8) is 0 Å². The van der Waals surface area contributed by atoms with E-state index in [9.17, 15) is 18.3 Å². The summed E-state index contributed by atoms with van der Waals surface area (Å²) in [5.74, 6) is -0.816. The van der Waals surface area contributed by atoms with Crippen LogP contribution in [-0.4, -0.2) is 55.3 Å². The van der Waals surface area contributed by atoms with Crippen molar-refractivity contribution < 1.29 is 27.8 Å². The lowest BCUT2D eigenvalue weighted by atomic mass is 10.00. The second-order valence-corrected chi connectivity index (χ2v) is 12.9. The summed E-state index contributed by atoms with van der Waals surface area (Å²) in [4.78, 5) is 20.1. The molecular weight excluding hydrogens is 592 g/mol. The van der Waals surface area contributed by atoms with E-state index >= 15 is 0 Å². The Labute approximate surface area is 264 Å². The number of nitrogens with zero attached hydrogens (tertiary/aromatic N) is 2. The van der Waals surface area contributed by atoms with Crippen LogP contribution in [0.4, 0.5) is 5.95 Å². The Hall–Kier alpha value is -4.32. The highest BCUT2D eigenvalue weighted by molar-refractivity contribution is 7.92. The van der Waals surface area contributed by atoms with Crippen LogP contribution >= 0.6 is 0 Å². The molecule has 11 heteroatoms. The quantitative estimate of drug-likeness (QED) is 0.130. The van der Waals surface area contributed by atoms with Gasteiger partial charge in [0.05, 0.1) is 29.4 Å². The summed E-state index contributed by atoms with van der Waals surface area (Å²) in [6.45, 7) is 10.2. The van der Waals surface area contributed by atoms with Gasteiger partial charge in [0.25, 0.3) is 10.0 Å². The first-order valence-electron chi connectivity index (χ1n) is 14.8. The van der Waals surface area contributed by atoms with Gasteiger partial charge in [-0.25, -0.2) is 22.9 Å². The lowest BCUT2D eigenvalue weighted by molar-refractivity contribution is 0.0696. The van der Waals surface area contributed by atoms with Gasteiger partial charge < -0.3 is 19.9 Å². The number of aromatic nitrogens is 2. The van der Waals surface area contributed by atoms with Crippen molar-refractivity contribution >= 4 is 21.9 Å². The summed E-state index contributed by atoms with van der Waals surface area (Å²) >= 11 is 0. The fraction of sp³-hybridized carbons (Fsp3) is 0.324. The number of benzene rings is 3. The van der Waals surface area contributed by atoms with E-state index in [1.807, 2.05) is 62.4 Å². The first-order chi connectivity index (χ1) is 21.5. The maximum Gasteiger partial charge on any atom is 0.335 e. The van der Waals surface area contributed by atoms with Crippen LogP contribution in [0.15, 0.2) is 83.8 Å². The second-order valence-electron chi connectivity index (χ2n) is 11.3. The van der Waals surface area contributed by atoms with Crippen molar-refractivity contribution in [2.75, 3.05) is 24.5 Å². The molecule has 3 N–H and O–H groups in total. The second kappa shape index (κ2) is 15.6. The number of carboxylic acid groups (broad SMARTS) is 1. The van der Waals surface area contributed by atoms with E-state index in [4.69, 9.17) is 9.47 Å². The van der Waals surface area contributed by atoms with Crippen LogP contribution in [-0.2, 0) is 21.4 Å². The average molecular weight is 633 g/mol. The number of carboxylic acids is 1. The maximum atomic E-state index is 13.3. The lowest BCUT2D eigenvalue weighted by Crippen LogP contribution is -2.38. The Balaban J connectivity index is 1.54. The number of anilines is 1. The van der Waals surface area contributed by atoms with E-state index < -0.39 is 16.0 Å². The molecule has 0 saturated heterocycles. The number of aryl methyl sites for hydroxylation is 2. The molecule has 0 aliphatic rings. The fourth-order valence-corrected chi connectivity index (χ4v) is 5.92. The van der Waals surface area contributed by atoms with E-state index in [1.54, 1.807) is 6.07 Å². The predicted molar refractivity (Wildman–Crippen MR) is 174 cm³/mol. The zero-order valence-electron chi connectivity index (χ0n) is 26.0. The van der Waals surface area contributed by atoms with Crippen LogP contribution in [0.3, 0.4) is 0 Å². The minimum absolute atomic E-state index is 0.0113. The van der Waals surface area contributed by atoms with Crippen molar-refractivity contribution in [3.8, 4) is 17.1 Å². The van der Waals surface area contributed by atoms with Gasteiger partial charge in [0, 0.05) is 24.2 Å². The minimum atomic E-state index is -4.21. The average Bonchev–Trinajstić information content (AvgIpc) is 2.99. The van der Waals surface area contributed by atoms with Crippen LogP contribution in [0.5, 0.6) is 5.88 Å². The Morgan fingerprint density at radius 3 is 2.33 bits per heavy atom. The summed E-state index contributed by atoms with van der Waals surface area (Å²) < 4.78 is 41.0. The van der Waals surface area contributed by atoms with Gasteiger partial charge in [0.1, 0.15) is 6.61 Å². The zero-order chi connectivity index (χ0) is 32.4. The fourth-order valence-electron chi connectivity index (χ4n) is 4.93. The molecule has 4 aromatic rings. The van der Waals surface area contributed by atoms with Crippen LogP contribution in [0, 0.1) is 19.8 Å². The van der Waals surface area contributed by atoms with Gasteiger partial charge in [-0.15, -0.1) is 0 Å². The van der Waals surface area contributed by atoms with Crippen molar-refractivity contribution in [3.05, 3.63) is 101 Å². The largest absolute Gasteiger partial charge is 0.478 e. The molecule has 0 bridgehead atoms. The summed E-state index contributed by atoms with van der Waals surface area (Å²) in [6.07, 6.45) is 0.840. The number of hydrogen-bond acceptors (Lipinski definition) is 8. The summed E-state index contributed by atoms with van der Waals surface area (Å²) in [6, 6.07) is 22.6. The molecule has 3 aromatic carbocycles. The smallest absolute Gasteiger partial charge is 0.335 e. The lowest BCUT2D eigenvalue weighted by Gasteiger charge is -2.21. The molecule has 1 heterocycles. The zero-order valence-corrected chi connectivity index (χ0v) is 26.8. The van der Waals surface area contributed by atoms with Gasteiger partial charge in [-0.2, -0.15) is 4.98 Å². The van der Waals surface area contributed by atoms with E-state index in [2.05, 4.69) is 33.9 Å². The number of carbonyl (C=O) groups is 1. The number of aromatic carboxylic acids is 1. The first-order valence-corrected chi connectivity index (χ1v) is 16.3. The number of rotatable bonds is 16. The van der Waals surface area contributed by atoms with Crippen molar-refractivity contribution in [1.82, 2.24) is 15.3 Å². The third kappa shape index (κ3) is 9.84. The van der Waals surface area contributed by atoms with Gasteiger partial charge >= 0.3 is 5.97 Å². The molecule has 4 rings (SSSR count). The topological polar surface area (TPSA) is 140 Å². The highest BCUT2D eigenvalue weighted by Gasteiger charge is 2.21. The van der Waals surface area contributed by atoms with Crippen LogP contribution in [0.25, 0.3) is 11.3 Å². The Morgan fingerprint density at radius 1 is 0.933 bits per heavy atom. The molecule has 0 saturated carbocycles. The highest BCUT2D eigenvalue weighted by Crippen LogP contribution is 2.29. The molecule has 0 radical (unpaired) electrons. The molecule has 0 amide bonds. The molecule has 1 aromatic heterocycles. The summed E-state index contributed by atoms with van der Waals surface area (Å²) in [5.41, 5.74) is 4.21. The van der Waals surface area contributed by atoms with Gasteiger partial charge in [0.2, 0.25) is 11.8 Å². The monoisotopic (exact) mass is 632 g/mol. The molecule has 0 aliphatic carbocycles. The standard InChI is InChI=1S/C34H40N4O6S/c1-23(2)18-28(35-16-17-43-21-26-12-6-5-7-13-26)22-44-31-20-30(32-24(3)10-8-11-25(32)4)36-34(37-31)38-45(41,42)29-15-9-14-27(19-29)33(39)40/h5-15,19-20,23,28,35H,16-18,21-22H2,1-4H3,(H,39,40)(H,36,37,38)/t28-/m1/s1. The van der Waals surface area contributed by atoms with Gasteiger partial charge in [0.15, 0.2) is 0 Å². The van der Waals surface area contributed by atoms with E-state index in [1.165, 1.54) is 18.2 Å². The first kappa shape index (κ1) is 33.6. The molecule has 0 unspecified atom stereocenters. The van der Waals surface area contributed by atoms with Crippen LogP contribution < -0.4 is 14.8 Å². The molecular formula is C34H40N4O6S. The summed E-state index contributed by atoms with van der Waals surface area (Å²) in [5, 5.41) is 12.8. The normalized spacial score (nSPS) is 12.2. The highest BCUT2D eigenvalue weighted by atomic mass is 32.2. The third-order valence-electron chi connectivity index (χ3n) is 7.04. The van der Waals surface area contributed by atoms with Crippen LogP contribution in [0.2, 0.25) is 0 Å². The molecule has 10 nitrogen and oxygen atoms in total. The maximum absolute atomic E-state index is 13.3. The predicted octanol–water partition coefficient (Wildman–Crippen LogP) is 5.86. The molecule has 0 spiro atoms. The number of hydrogen-bond donors (Lipinski definition) is 3. The number of nitrogens with one attached hydrogen (secondary N) is 2.